The zero-order valence-electron chi connectivity index (χ0n) is 13.4. The molecule has 3 nitrogen and oxygen atoms in total. The average Bonchev–Trinajstić information content (AvgIpc) is 2.51. The maximum Gasteiger partial charge on any atom is 0.224 e. The largest absolute Gasteiger partial charge is 0.497 e. The zero-order valence-corrected chi connectivity index (χ0v) is 14.2. The number of hydrogen-bond acceptors (Lipinski definition) is 3. The first-order valence-corrected chi connectivity index (χ1v) is 8.27. The van der Waals surface area contributed by atoms with Gasteiger partial charge in [-0.2, -0.15) is 0 Å². The van der Waals surface area contributed by atoms with Crippen LogP contribution in [0.25, 0.3) is 0 Å². The Kier molecular flexibility index (Phi) is 3.28. The van der Waals surface area contributed by atoms with Crippen molar-refractivity contribution in [1.29, 1.82) is 0 Å². The average molecular weight is 305 g/mol. The van der Waals surface area contributed by atoms with Gasteiger partial charge in [0.2, 0.25) is 5.91 Å². The Bertz CT molecular complexity index is 594. The number of ether oxygens (including phenoxy) is 1. The number of methoxy groups -OCH3 is 1. The molecule has 0 aliphatic carbocycles. The Hall–Kier alpha value is -1.16. The lowest BCUT2D eigenvalue weighted by molar-refractivity contribution is -0.135. The number of carbonyl (C=O) groups is 1. The summed E-state index contributed by atoms with van der Waals surface area (Å²) in [6, 6.07) is 6.39. The Labute approximate surface area is 131 Å². The number of nitrogens with zero attached hydrogens (tertiary/aromatic N) is 1. The summed E-state index contributed by atoms with van der Waals surface area (Å²) in [5, 5.41) is 0. The summed E-state index contributed by atoms with van der Waals surface area (Å²) < 4.78 is 5.36. The van der Waals surface area contributed by atoms with E-state index in [1.54, 1.807) is 7.11 Å². The first-order chi connectivity index (χ1) is 9.76. The summed E-state index contributed by atoms with van der Waals surface area (Å²) in [7, 11) is 1.69. The molecule has 0 aromatic heterocycles. The molecule has 1 atom stereocenters. The minimum atomic E-state index is -0.160. The van der Waals surface area contributed by atoms with Crippen LogP contribution in [0.5, 0.6) is 5.75 Å². The van der Waals surface area contributed by atoms with Gasteiger partial charge in [-0.1, -0.05) is 6.07 Å². The van der Waals surface area contributed by atoms with Crippen molar-refractivity contribution < 1.29 is 9.53 Å². The van der Waals surface area contributed by atoms with Crippen LogP contribution in [-0.2, 0) is 11.2 Å². The molecule has 1 fully saturated rings. The van der Waals surface area contributed by atoms with Crippen molar-refractivity contribution in [3.63, 3.8) is 0 Å². The van der Waals surface area contributed by atoms with Gasteiger partial charge >= 0.3 is 0 Å². The van der Waals surface area contributed by atoms with Gasteiger partial charge in [-0.15, -0.1) is 11.8 Å². The fourth-order valence-corrected chi connectivity index (χ4v) is 5.82. The van der Waals surface area contributed by atoms with Crippen LogP contribution in [0.2, 0.25) is 0 Å². The van der Waals surface area contributed by atoms with E-state index in [1.807, 2.05) is 17.8 Å². The minimum absolute atomic E-state index is 0.00678. The molecule has 2 heterocycles. The topological polar surface area (TPSA) is 29.5 Å². The summed E-state index contributed by atoms with van der Waals surface area (Å²) in [6.45, 7) is 8.81. The molecule has 114 valence electrons. The van der Waals surface area contributed by atoms with E-state index in [1.165, 1.54) is 11.1 Å². The number of hydrogen-bond donors (Lipinski definition) is 0. The normalized spacial score (nSPS) is 26.0. The highest BCUT2D eigenvalue weighted by Gasteiger charge is 2.55. The van der Waals surface area contributed by atoms with Gasteiger partial charge in [-0.05, 0) is 57.4 Å². The van der Waals surface area contributed by atoms with Crippen LogP contribution in [-0.4, -0.2) is 27.5 Å². The molecule has 0 bridgehead atoms. The van der Waals surface area contributed by atoms with E-state index >= 15 is 0 Å². The monoisotopic (exact) mass is 305 g/mol. The van der Waals surface area contributed by atoms with Crippen LogP contribution in [0.4, 0.5) is 0 Å². The maximum atomic E-state index is 12.7. The molecule has 1 amide bonds. The van der Waals surface area contributed by atoms with E-state index in [9.17, 15) is 4.79 Å². The third-order valence-corrected chi connectivity index (χ3v) is 5.98. The van der Waals surface area contributed by atoms with E-state index in [4.69, 9.17) is 4.74 Å². The Morgan fingerprint density at radius 1 is 1.24 bits per heavy atom. The molecule has 1 aromatic rings. The Morgan fingerprint density at radius 3 is 2.62 bits per heavy atom. The second kappa shape index (κ2) is 4.67. The lowest BCUT2D eigenvalue weighted by Gasteiger charge is -2.35. The third kappa shape index (κ3) is 2.24. The van der Waals surface area contributed by atoms with Crippen molar-refractivity contribution in [3.05, 3.63) is 29.3 Å². The first kappa shape index (κ1) is 14.8. The molecule has 3 rings (SSSR count). The van der Waals surface area contributed by atoms with Gasteiger partial charge in [-0.3, -0.25) is 4.79 Å². The summed E-state index contributed by atoms with van der Waals surface area (Å²) in [6.07, 6.45) is 1.38. The molecule has 0 spiro atoms. The van der Waals surface area contributed by atoms with Gasteiger partial charge in [-0.25, -0.2) is 0 Å². The van der Waals surface area contributed by atoms with Gasteiger partial charge in [0.1, 0.15) is 5.75 Å². The first-order valence-electron chi connectivity index (χ1n) is 7.45. The van der Waals surface area contributed by atoms with Crippen LogP contribution < -0.4 is 4.74 Å². The third-order valence-electron chi connectivity index (χ3n) is 4.53. The Balaban J connectivity index is 2.17. The predicted octanol–water partition coefficient (Wildman–Crippen LogP) is 3.77. The summed E-state index contributed by atoms with van der Waals surface area (Å²) in [5.41, 5.74) is 2.53. The van der Waals surface area contributed by atoms with Crippen molar-refractivity contribution in [2.45, 2.75) is 56.2 Å². The fourth-order valence-electron chi connectivity index (χ4n) is 3.88. The highest BCUT2D eigenvalue weighted by Crippen LogP contribution is 2.59. The zero-order chi connectivity index (χ0) is 15.4. The fraction of sp³-hybridized carbons (Fsp3) is 0.588. The van der Waals surface area contributed by atoms with E-state index in [-0.39, 0.29) is 21.6 Å². The highest BCUT2D eigenvalue weighted by atomic mass is 32.2. The number of rotatable bonds is 1. The van der Waals surface area contributed by atoms with Gasteiger partial charge in [0, 0.05) is 11.2 Å². The van der Waals surface area contributed by atoms with Crippen molar-refractivity contribution in [3.8, 4) is 5.75 Å². The van der Waals surface area contributed by atoms with Crippen LogP contribution in [0.15, 0.2) is 18.2 Å². The summed E-state index contributed by atoms with van der Waals surface area (Å²) in [4.78, 5) is 14.7. The second-order valence-corrected chi connectivity index (χ2v) is 9.14. The second-order valence-electron chi connectivity index (χ2n) is 6.88. The lowest BCUT2D eigenvalue weighted by Crippen LogP contribution is -2.43. The van der Waals surface area contributed by atoms with E-state index in [0.717, 1.165) is 12.2 Å². The van der Waals surface area contributed by atoms with Crippen molar-refractivity contribution in [1.82, 2.24) is 4.90 Å². The van der Waals surface area contributed by atoms with Crippen molar-refractivity contribution in [2.75, 3.05) is 7.11 Å². The SMILES string of the molecule is COc1ccc2c(c1)CCC(=O)N1[C@@H]2C(C)(C)SC1(C)C. The van der Waals surface area contributed by atoms with E-state index in [0.29, 0.717) is 6.42 Å². The quantitative estimate of drug-likeness (QED) is 0.791. The summed E-state index contributed by atoms with van der Waals surface area (Å²) in [5.74, 6) is 1.13. The smallest absolute Gasteiger partial charge is 0.224 e. The van der Waals surface area contributed by atoms with Crippen LogP contribution in [0, 0.1) is 0 Å². The molecule has 1 saturated heterocycles. The number of carbonyl (C=O) groups excluding carboxylic acids is 1. The van der Waals surface area contributed by atoms with Crippen LogP contribution in [0.1, 0.15) is 51.3 Å². The minimum Gasteiger partial charge on any atom is -0.497 e. The van der Waals surface area contributed by atoms with Gasteiger partial charge in [0.25, 0.3) is 0 Å². The molecular formula is C17H23NO2S. The molecule has 0 saturated carbocycles. The van der Waals surface area contributed by atoms with Crippen LogP contribution in [0.3, 0.4) is 0 Å². The van der Waals surface area contributed by atoms with E-state index < -0.39 is 0 Å². The van der Waals surface area contributed by atoms with Crippen molar-refractivity contribution in [2.24, 2.45) is 0 Å². The number of aryl methyl sites for hydroxylation is 1. The van der Waals surface area contributed by atoms with E-state index in [2.05, 4.69) is 44.7 Å². The van der Waals surface area contributed by atoms with Gasteiger partial charge in [0.05, 0.1) is 18.0 Å². The maximum absolute atomic E-state index is 12.7. The standard InChI is InChI=1S/C17H23NO2S/c1-16(2)15-13-8-7-12(20-5)10-11(13)6-9-14(19)18(15)17(3,4)21-16/h7-8,10,15H,6,9H2,1-5H3/t15-/m0/s1. The molecule has 0 unspecified atom stereocenters. The van der Waals surface area contributed by atoms with Crippen LogP contribution >= 0.6 is 11.8 Å². The molecule has 21 heavy (non-hydrogen) atoms. The number of amides is 1. The number of benzene rings is 1. The Morgan fingerprint density at radius 2 is 1.95 bits per heavy atom. The molecule has 1 aromatic carbocycles. The summed E-state index contributed by atoms with van der Waals surface area (Å²) >= 11 is 1.89. The molecular weight excluding hydrogens is 282 g/mol. The molecule has 4 heteroatoms. The van der Waals surface area contributed by atoms with Gasteiger partial charge in [0.15, 0.2) is 0 Å². The van der Waals surface area contributed by atoms with Crippen molar-refractivity contribution >= 4 is 17.7 Å². The van der Waals surface area contributed by atoms with Gasteiger partial charge < -0.3 is 9.64 Å². The molecule has 2 aliphatic rings. The molecule has 2 aliphatic heterocycles. The predicted molar refractivity (Wildman–Crippen MR) is 86.7 cm³/mol. The highest BCUT2D eigenvalue weighted by molar-refractivity contribution is 8.02. The number of fused-ring (bicyclic) bond motifs is 3. The number of thioether (sulfide) groups is 1. The molecule has 0 radical (unpaired) electrons. The molecule has 0 N–H and O–H groups in total. The lowest BCUT2D eigenvalue weighted by atomic mass is 9.90.